The van der Waals surface area contributed by atoms with E-state index in [4.69, 9.17) is 0 Å². The van der Waals surface area contributed by atoms with Crippen LogP contribution in [0, 0.1) is 5.92 Å². The van der Waals surface area contributed by atoms with E-state index in [2.05, 4.69) is 6.92 Å². The number of sulfone groups is 1. The largest absolute Gasteiger partial charge is 0.342 e. The van der Waals surface area contributed by atoms with Crippen LogP contribution in [0.3, 0.4) is 0 Å². The van der Waals surface area contributed by atoms with Crippen LogP contribution in [0.25, 0.3) is 0 Å². The van der Waals surface area contributed by atoms with Gasteiger partial charge >= 0.3 is 0 Å². The number of carbonyl (C=O) groups is 2. The molecule has 3 rings (SSSR count). The maximum atomic E-state index is 12.7. The number of aryl methyl sites for hydroxylation is 1. The van der Waals surface area contributed by atoms with Crippen LogP contribution in [-0.2, 0) is 25.8 Å². The first-order chi connectivity index (χ1) is 12.8. The molecule has 0 bridgehead atoms. The van der Waals surface area contributed by atoms with Gasteiger partial charge < -0.3 is 9.80 Å². The van der Waals surface area contributed by atoms with Gasteiger partial charge in [0.1, 0.15) is 0 Å². The zero-order valence-corrected chi connectivity index (χ0v) is 16.9. The fraction of sp³-hybridized carbons (Fsp3) is 0.600. The smallest absolute Gasteiger partial charge is 0.223 e. The molecule has 1 fully saturated rings. The number of rotatable bonds is 4. The van der Waals surface area contributed by atoms with E-state index in [1.54, 1.807) is 28.0 Å². The average Bonchev–Trinajstić information content (AvgIpc) is 2.65. The Balaban J connectivity index is 1.70. The molecule has 0 aromatic heterocycles. The van der Waals surface area contributed by atoms with Crippen molar-refractivity contribution in [1.82, 2.24) is 4.90 Å². The van der Waals surface area contributed by atoms with Crippen molar-refractivity contribution in [3.05, 3.63) is 23.8 Å². The Bertz CT molecular complexity index is 834. The monoisotopic (exact) mass is 392 g/mol. The second kappa shape index (κ2) is 8.00. The van der Waals surface area contributed by atoms with E-state index in [9.17, 15) is 18.0 Å². The molecular weight excluding hydrogens is 364 g/mol. The number of amides is 2. The molecule has 148 valence electrons. The molecule has 2 aliphatic heterocycles. The summed E-state index contributed by atoms with van der Waals surface area (Å²) < 4.78 is 25.5. The second-order valence-electron chi connectivity index (χ2n) is 7.72. The zero-order chi connectivity index (χ0) is 19.6. The van der Waals surface area contributed by atoms with E-state index in [0.29, 0.717) is 12.5 Å². The summed E-state index contributed by atoms with van der Waals surface area (Å²) in [6.45, 7) is 5.75. The maximum Gasteiger partial charge on any atom is 0.223 e. The standard InChI is InChI=1S/C20H28N2O4S/c1-15-5-3-10-21(14-15)20(24)9-12-27(25,26)18-7-8-19-17(13-18)6-4-11-22(19)16(2)23/h7-8,13,15H,3-6,9-12,14H2,1-2H3. The molecule has 2 aliphatic rings. The van der Waals surface area contributed by atoms with Crippen molar-refractivity contribution in [2.24, 2.45) is 5.92 Å². The van der Waals surface area contributed by atoms with E-state index < -0.39 is 9.84 Å². The fourth-order valence-corrected chi connectivity index (χ4v) is 5.28. The van der Waals surface area contributed by atoms with Crippen LogP contribution in [0.1, 0.15) is 45.1 Å². The number of hydrogen-bond donors (Lipinski definition) is 0. The molecular formula is C20H28N2O4S. The van der Waals surface area contributed by atoms with Crippen molar-refractivity contribution in [3.63, 3.8) is 0 Å². The Morgan fingerprint density at radius 2 is 1.96 bits per heavy atom. The number of nitrogens with zero attached hydrogens (tertiary/aromatic N) is 2. The predicted molar refractivity (Wildman–Crippen MR) is 104 cm³/mol. The number of benzene rings is 1. The molecule has 0 saturated carbocycles. The van der Waals surface area contributed by atoms with E-state index in [1.165, 1.54) is 6.92 Å². The normalized spacial score (nSPS) is 20.3. The van der Waals surface area contributed by atoms with Gasteiger partial charge in [-0.05, 0) is 55.4 Å². The summed E-state index contributed by atoms with van der Waals surface area (Å²) in [5, 5.41) is 0. The van der Waals surface area contributed by atoms with Crippen LogP contribution in [0.5, 0.6) is 0 Å². The fourth-order valence-electron chi connectivity index (χ4n) is 4.01. The van der Waals surface area contributed by atoms with Gasteiger partial charge in [-0.3, -0.25) is 9.59 Å². The highest BCUT2D eigenvalue weighted by molar-refractivity contribution is 7.91. The molecule has 0 radical (unpaired) electrons. The molecule has 6 nitrogen and oxygen atoms in total. The van der Waals surface area contributed by atoms with Crippen molar-refractivity contribution in [2.45, 2.75) is 50.8 Å². The molecule has 0 aliphatic carbocycles. The van der Waals surface area contributed by atoms with Crippen molar-refractivity contribution >= 4 is 27.3 Å². The van der Waals surface area contributed by atoms with Crippen molar-refractivity contribution in [2.75, 3.05) is 30.3 Å². The highest BCUT2D eigenvalue weighted by Gasteiger charge is 2.25. The molecule has 1 atom stereocenters. The molecule has 1 unspecified atom stereocenters. The number of likely N-dealkylation sites (tertiary alicyclic amines) is 1. The lowest BCUT2D eigenvalue weighted by Crippen LogP contribution is -2.39. The first-order valence-corrected chi connectivity index (χ1v) is 11.3. The number of fused-ring (bicyclic) bond motifs is 1. The summed E-state index contributed by atoms with van der Waals surface area (Å²) >= 11 is 0. The summed E-state index contributed by atoms with van der Waals surface area (Å²) in [5.41, 5.74) is 1.68. The van der Waals surface area contributed by atoms with E-state index in [0.717, 1.165) is 50.0 Å². The minimum absolute atomic E-state index is 0.0196. The van der Waals surface area contributed by atoms with Gasteiger partial charge in [-0.15, -0.1) is 0 Å². The molecule has 2 heterocycles. The van der Waals surface area contributed by atoms with Gasteiger partial charge in [0.25, 0.3) is 0 Å². The third kappa shape index (κ3) is 4.51. The molecule has 0 spiro atoms. The first kappa shape index (κ1) is 19.9. The highest BCUT2D eigenvalue weighted by Crippen LogP contribution is 2.30. The lowest BCUT2D eigenvalue weighted by atomic mass is 10.0. The van der Waals surface area contributed by atoms with Crippen LogP contribution < -0.4 is 4.90 Å². The molecule has 1 saturated heterocycles. The Morgan fingerprint density at radius 1 is 1.19 bits per heavy atom. The number of piperidine rings is 1. The molecule has 7 heteroatoms. The third-order valence-electron chi connectivity index (χ3n) is 5.50. The van der Waals surface area contributed by atoms with Gasteiger partial charge in [0.15, 0.2) is 9.84 Å². The van der Waals surface area contributed by atoms with Gasteiger partial charge in [0, 0.05) is 38.7 Å². The predicted octanol–water partition coefficient (Wildman–Crippen LogP) is 2.41. The zero-order valence-electron chi connectivity index (χ0n) is 16.1. The minimum atomic E-state index is -3.53. The van der Waals surface area contributed by atoms with Crippen LogP contribution in [-0.4, -0.2) is 50.5 Å². The molecule has 1 aromatic carbocycles. The minimum Gasteiger partial charge on any atom is -0.342 e. The highest BCUT2D eigenvalue weighted by atomic mass is 32.2. The Hall–Kier alpha value is -1.89. The molecule has 1 aromatic rings. The van der Waals surface area contributed by atoms with Crippen LogP contribution in [0.4, 0.5) is 5.69 Å². The van der Waals surface area contributed by atoms with E-state index in [1.807, 2.05) is 0 Å². The van der Waals surface area contributed by atoms with Crippen LogP contribution >= 0.6 is 0 Å². The lowest BCUT2D eigenvalue weighted by Gasteiger charge is -2.31. The number of carbonyl (C=O) groups excluding carboxylic acids is 2. The van der Waals surface area contributed by atoms with E-state index in [-0.39, 0.29) is 28.9 Å². The molecule has 0 N–H and O–H groups in total. The molecule has 27 heavy (non-hydrogen) atoms. The Labute approximate surface area is 161 Å². The summed E-state index contributed by atoms with van der Waals surface area (Å²) in [7, 11) is -3.53. The Kier molecular flexibility index (Phi) is 5.89. The van der Waals surface area contributed by atoms with E-state index >= 15 is 0 Å². The van der Waals surface area contributed by atoms with Crippen LogP contribution in [0.15, 0.2) is 23.1 Å². The summed E-state index contributed by atoms with van der Waals surface area (Å²) in [4.78, 5) is 27.9. The van der Waals surface area contributed by atoms with Crippen LogP contribution in [0.2, 0.25) is 0 Å². The number of hydrogen-bond acceptors (Lipinski definition) is 4. The maximum absolute atomic E-state index is 12.7. The van der Waals surface area contributed by atoms with Crippen molar-refractivity contribution in [1.29, 1.82) is 0 Å². The summed E-state index contributed by atoms with van der Waals surface area (Å²) in [5.74, 6) is 0.189. The van der Waals surface area contributed by atoms with Crippen molar-refractivity contribution < 1.29 is 18.0 Å². The van der Waals surface area contributed by atoms with Gasteiger partial charge in [-0.1, -0.05) is 6.92 Å². The molecule has 2 amide bonds. The quantitative estimate of drug-likeness (QED) is 0.789. The van der Waals surface area contributed by atoms with Gasteiger partial charge in [-0.25, -0.2) is 8.42 Å². The summed E-state index contributed by atoms with van der Waals surface area (Å²) in [6, 6.07) is 4.95. The second-order valence-corrected chi connectivity index (χ2v) is 9.83. The first-order valence-electron chi connectivity index (χ1n) is 9.69. The van der Waals surface area contributed by atoms with Crippen molar-refractivity contribution in [3.8, 4) is 0 Å². The third-order valence-corrected chi connectivity index (χ3v) is 7.22. The Morgan fingerprint density at radius 3 is 2.67 bits per heavy atom. The lowest BCUT2D eigenvalue weighted by molar-refractivity contribution is -0.132. The average molecular weight is 393 g/mol. The SMILES string of the molecule is CC(=O)N1CCCc2cc(S(=O)(=O)CCC(=O)N3CCCC(C)C3)ccc21. The van der Waals surface area contributed by atoms with Gasteiger partial charge in [-0.2, -0.15) is 0 Å². The van der Waals surface area contributed by atoms with Gasteiger partial charge in [0.2, 0.25) is 11.8 Å². The topological polar surface area (TPSA) is 74.8 Å². The van der Waals surface area contributed by atoms with Gasteiger partial charge in [0.05, 0.1) is 10.6 Å². The number of anilines is 1. The summed E-state index contributed by atoms with van der Waals surface area (Å²) in [6.07, 6.45) is 3.70.